The predicted octanol–water partition coefficient (Wildman–Crippen LogP) is 1.79. The van der Waals surface area contributed by atoms with Gasteiger partial charge < -0.3 is 20.4 Å². The summed E-state index contributed by atoms with van der Waals surface area (Å²) in [5.74, 6) is -0.394. The van der Waals surface area contributed by atoms with Crippen LogP contribution in [-0.4, -0.2) is 34.8 Å². The van der Waals surface area contributed by atoms with Crippen LogP contribution < -0.4 is 10.2 Å². The van der Waals surface area contributed by atoms with Crippen LogP contribution in [0, 0.1) is 0 Å². The first kappa shape index (κ1) is 13.9. The second kappa shape index (κ2) is 4.72. The maximum Gasteiger partial charge on any atom is 0.257 e. The zero-order valence-electron chi connectivity index (χ0n) is 11.2. The zero-order chi connectivity index (χ0) is 14.5. The molecule has 0 bridgehead atoms. The molecular weight excluding hydrogens is 324 g/mol. The van der Waals surface area contributed by atoms with Crippen molar-refractivity contribution in [3.05, 3.63) is 22.2 Å². The first-order chi connectivity index (χ1) is 9.37. The molecule has 1 amide bonds. The van der Waals surface area contributed by atoms with Crippen LogP contribution in [0.1, 0.15) is 31.4 Å². The average Bonchev–Trinajstić information content (AvgIpc) is 2.63. The van der Waals surface area contributed by atoms with Gasteiger partial charge in [0, 0.05) is 28.8 Å². The van der Waals surface area contributed by atoms with Crippen molar-refractivity contribution in [3.8, 4) is 0 Å². The molecule has 1 saturated heterocycles. The first-order valence-corrected chi connectivity index (χ1v) is 7.46. The number of aliphatic hydroxyl groups excluding tert-OH is 1. The summed E-state index contributed by atoms with van der Waals surface area (Å²) in [7, 11) is 0. The Morgan fingerprint density at radius 1 is 1.50 bits per heavy atom. The normalized spacial score (nSPS) is 29.3. The number of piperidine rings is 1. The van der Waals surface area contributed by atoms with Crippen LogP contribution in [-0.2, 0) is 4.79 Å². The summed E-state index contributed by atoms with van der Waals surface area (Å²) in [6.45, 7) is 3.26. The fourth-order valence-electron chi connectivity index (χ4n) is 2.92. The summed E-state index contributed by atoms with van der Waals surface area (Å²) in [6, 6.07) is 3.63. The Labute approximate surface area is 125 Å². The van der Waals surface area contributed by atoms with E-state index in [0.29, 0.717) is 17.8 Å². The van der Waals surface area contributed by atoms with Gasteiger partial charge in [0.2, 0.25) is 0 Å². The molecule has 1 aromatic rings. The van der Waals surface area contributed by atoms with Crippen molar-refractivity contribution < 1.29 is 15.0 Å². The highest BCUT2D eigenvalue weighted by molar-refractivity contribution is 9.10. The molecule has 2 aliphatic rings. The molecule has 0 radical (unpaired) electrons. The molecule has 0 spiro atoms. The van der Waals surface area contributed by atoms with Crippen LogP contribution in [0.3, 0.4) is 0 Å². The van der Waals surface area contributed by atoms with E-state index in [1.54, 1.807) is 6.07 Å². The smallest absolute Gasteiger partial charge is 0.257 e. The number of aliphatic hydroxyl groups is 2. The van der Waals surface area contributed by atoms with Gasteiger partial charge in [-0.15, -0.1) is 0 Å². The number of carbonyl (C=O) groups excluding carboxylic acids is 1. The summed E-state index contributed by atoms with van der Waals surface area (Å²) >= 11 is 3.50. The quantitative estimate of drug-likeness (QED) is 0.728. The van der Waals surface area contributed by atoms with Gasteiger partial charge in [-0.2, -0.15) is 0 Å². The van der Waals surface area contributed by atoms with E-state index in [1.165, 1.54) is 0 Å². The summed E-state index contributed by atoms with van der Waals surface area (Å²) in [5.41, 5.74) is 1.47. The van der Waals surface area contributed by atoms with E-state index in [2.05, 4.69) is 26.1 Å². The van der Waals surface area contributed by atoms with Crippen LogP contribution in [0.25, 0.3) is 0 Å². The van der Waals surface area contributed by atoms with E-state index in [4.69, 9.17) is 0 Å². The SMILES string of the molecule is CC1(O)CCCN(c2cc3c(cc2Br)C(O)C(=O)N3)C1. The molecule has 108 valence electrons. The highest BCUT2D eigenvalue weighted by Gasteiger charge is 2.33. The van der Waals surface area contributed by atoms with Crippen LogP contribution in [0.15, 0.2) is 16.6 Å². The summed E-state index contributed by atoms with van der Waals surface area (Å²) < 4.78 is 0.824. The molecule has 0 aliphatic carbocycles. The first-order valence-electron chi connectivity index (χ1n) is 6.67. The Balaban J connectivity index is 1.96. The number of rotatable bonds is 1. The fourth-order valence-corrected chi connectivity index (χ4v) is 3.53. The topological polar surface area (TPSA) is 72.8 Å². The standard InChI is InChI=1S/C14H17BrN2O3/c1-14(20)3-2-4-17(7-14)11-6-10-8(5-9(11)15)12(18)13(19)16-10/h5-6,12,18,20H,2-4,7H2,1H3,(H,16,19). The maximum absolute atomic E-state index is 11.5. The van der Waals surface area contributed by atoms with E-state index < -0.39 is 17.6 Å². The van der Waals surface area contributed by atoms with Gasteiger partial charge in [-0.25, -0.2) is 0 Å². The number of hydrogen-bond donors (Lipinski definition) is 3. The Morgan fingerprint density at radius 2 is 2.25 bits per heavy atom. The monoisotopic (exact) mass is 340 g/mol. The minimum Gasteiger partial charge on any atom is -0.388 e. The highest BCUT2D eigenvalue weighted by Crippen LogP contribution is 2.40. The van der Waals surface area contributed by atoms with Crippen molar-refractivity contribution in [3.63, 3.8) is 0 Å². The molecule has 2 unspecified atom stereocenters. The van der Waals surface area contributed by atoms with Crippen molar-refractivity contribution in [2.24, 2.45) is 0 Å². The molecule has 2 atom stereocenters. The second-order valence-corrected chi connectivity index (χ2v) is 6.66. The average molecular weight is 341 g/mol. The van der Waals surface area contributed by atoms with Gasteiger partial charge in [-0.3, -0.25) is 4.79 Å². The molecule has 1 aromatic carbocycles. The highest BCUT2D eigenvalue weighted by atomic mass is 79.9. The number of amides is 1. The Kier molecular flexibility index (Phi) is 3.27. The fraction of sp³-hybridized carbons (Fsp3) is 0.500. The van der Waals surface area contributed by atoms with Crippen molar-refractivity contribution in [1.82, 2.24) is 0 Å². The lowest BCUT2D eigenvalue weighted by molar-refractivity contribution is -0.123. The summed E-state index contributed by atoms with van der Waals surface area (Å²) in [6.07, 6.45) is 0.618. The number of nitrogens with one attached hydrogen (secondary N) is 1. The number of β-amino-alcohol motifs (C(OH)–C–C–N with tert-alkyl or cyclic N) is 1. The number of benzene rings is 1. The lowest BCUT2D eigenvalue weighted by Crippen LogP contribution is -2.46. The molecule has 0 saturated carbocycles. The van der Waals surface area contributed by atoms with Crippen molar-refractivity contribution in [1.29, 1.82) is 0 Å². The van der Waals surface area contributed by atoms with Gasteiger partial charge in [0.05, 0.1) is 11.3 Å². The van der Waals surface area contributed by atoms with Crippen LogP contribution in [0.4, 0.5) is 11.4 Å². The van der Waals surface area contributed by atoms with E-state index in [1.807, 2.05) is 13.0 Å². The third-order valence-electron chi connectivity index (χ3n) is 3.94. The van der Waals surface area contributed by atoms with E-state index in [9.17, 15) is 15.0 Å². The number of anilines is 2. The van der Waals surface area contributed by atoms with E-state index in [0.717, 1.165) is 29.5 Å². The lowest BCUT2D eigenvalue weighted by Gasteiger charge is -2.38. The third kappa shape index (κ3) is 2.32. The number of halogens is 1. The maximum atomic E-state index is 11.5. The third-order valence-corrected chi connectivity index (χ3v) is 4.57. The Morgan fingerprint density at radius 3 is 2.95 bits per heavy atom. The molecular formula is C14H17BrN2O3. The van der Waals surface area contributed by atoms with Gasteiger partial charge in [0.1, 0.15) is 0 Å². The largest absolute Gasteiger partial charge is 0.388 e. The molecule has 2 heterocycles. The van der Waals surface area contributed by atoms with Gasteiger partial charge in [0.25, 0.3) is 5.91 Å². The second-order valence-electron chi connectivity index (χ2n) is 5.80. The van der Waals surface area contributed by atoms with Crippen LogP contribution >= 0.6 is 15.9 Å². The van der Waals surface area contributed by atoms with Gasteiger partial charge in [-0.1, -0.05) is 0 Å². The molecule has 5 nitrogen and oxygen atoms in total. The van der Waals surface area contributed by atoms with Crippen molar-refractivity contribution >= 4 is 33.2 Å². The van der Waals surface area contributed by atoms with Crippen molar-refractivity contribution in [2.75, 3.05) is 23.3 Å². The minimum atomic E-state index is -1.10. The molecule has 6 heteroatoms. The number of nitrogens with zero attached hydrogens (tertiary/aromatic N) is 1. The Hall–Kier alpha value is -1.11. The van der Waals surface area contributed by atoms with Crippen molar-refractivity contribution in [2.45, 2.75) is 31.5 Å². The Bertz CT molecular complexity index is 574. The summed E-state index contributed by atoms with van der Waals surface area (Å²) in [5, 5.41) is 22.7. The molecule has 0 aromatic heterocycles. The molecule has 20 heavy (non-hydrogen) atoms. The molecule has 2 aliphatic heterocycles. The van der Waals surface area contributed by atoms with E-state index >= 15 is 0 Å². The van der Waals surface area contributed by atoms with Gasteiger partial charge in [0.15, 0.2) is 6.10 Å². The molecule has 1 fully saturated rings. The predicted molar refractivity (Wildman–Crippen MR) is 79.8 cm³/mol. The number of fused-ring (bicyclic) bond motifs is 1. The van der Waals surface area contributed by atoms with Crippen LogP contribution in [0.2, 0.25) is 0 Å². The number of hydrogen-bond acceptors (Lipinski definition) is 4. The van der Waals surface area contributed by atoms with Gasteiger partial charge in [-0.05, 0) is 47.8 Å². The number of carbonyl (C=O) groups is 1. The molecule has 3 N–H and O–H groups in total. The lowest BCUT2D eigenvalue weighted by atomic mass is 9.94. The van der Waals surface area contributed by atoms with Crippen LogP contribution in [0.5, 0.6) is 0 Å². The van der Waals surface area contributed by atoms with Gasteiger partial charge >= 0.3 is 0 Å². The minimum absolute atomic E-state index is 0.394. The molecule has 3 rings (SSSR count). The zero-order valence-corrected chi connectivity index (χ0v) is 12.8. The summed E-state index contributed by atoms with van der Waals surface area (Å²) in [4.78, 5) is 13.6. The van der Waals surface area contributed by atoms with E-state index in [-0.39, 0.29) is 0 Å².